The van der Waals surface area contributed by atoms with Crippen LogP contribution in [0.2, 0.25) is 5.02 Å². The van der Waals surface area contributed by atoms with E-state index >= 15 is 0 Å². The molecule has 2 nitrogen and oxygen atoms in total. The molecule has 0 bridgehead atoms. The topological polar surface area (TPSA) is 34.1 Å². The van der Waals surface area contributed by atoms with E-state index in [2.05, 4.69) is 0 Å². The summed E-state index contributed by atoms with van der Waals surface area (Å²) in [5, 5.41) is 0.615. The van der Waals surface area contributed by atoms with E-state index in [1.54, 1.807) is 12.1 Å². The minimum atomic E-state index is -2.36. The lowest BCUT2D eigenvalue weighted by atomic mass is 10.2. The summed E-state index contributed by atoms with van der Waals surface area (Å²) in [6.45, 7) is 1.88. The van der Waals surface area contributed by atoms with Gasteiger partial charge in [-0.15, -0.1) is 0 Å². The quantitative estimate of drug-likeness (QED) is 0.745. The van der Waals surface area contributed by atoms with Crippen LogP contribution in [0.3, 0.4) is 0 Å². The maximum Gasteiger partial charge on any atom is 0.144 e. The summed E-state index contributed by atoms with van der Waals surface area (Å²) in [4.78, 5) is 0. The standard InChI is InChI=1S/C8H9ClO2S/c1-6-2-3-7(4-8(6)9)5-12(10)11/h2-4,12H,5H2,1H3. The molecule has 0 heterocycles. The van der Waals surface area contributed by atoms with Crippen LogP contribution in [0.5, 0.6) is 0 Å². The lowest BCUT2D eigenvalue weighted by Gasteiger charge is -1.99. The molecule has 0 unspecified atom stereocenters. The van der Waals surface area contributed by atoms with Crippen molar-refractivity contribution in [2.24, 2.45) is 0 Å². The van der Waals surface area contributed by atoms with Crippen molar-refractivity contribution in [1.29, 1.82) is 0 Å². The van der Waals surface area contributed by atoms with E-state index in [4.69, 9.17) is 11.6 Å². The van der Waals surface area contributed by atoms with Crippen molar-refractivity contribution in [3.05, 3.63) is 34.3 Å². The molecule has 4 heteroatoms. The van der Waals surface area contributed by atoms with Crippen LogP contribution in [0.4, 0.5) is 0 Å². The monoisotopic (exact) mass is 204 g/mol. The Labute approximate surface area is 78.1 Å². The first-order chi connectivity index (χ1) is 5.59. The summed E-state index contributed by atoms with van der Waals surface area (Å²) in [6, 6.07) is 5.27. The lowest BCUT2D eigenvalue weighted by molar-refractivity contribution is 0.614. The van der Waals surface area contributed by atoms with Gasteiger partial charge in [0, 0.05) is 5.02 Å². The molecule has 1 aromatic rings. The van der Waals surface area contributed by atoms with Crippen LogP contribution in [0.1, 0.15) is 11.1 Å². The third-order valence-corrected chi connectivity index (χ3v) is 2.58. The van der Waals surface area contributed by atoms with Gasteiger partial charge in [0.1, 0.15) is 10.7 Å². The number of halogens is 1. The first kappa shape index (κ1) is 9.55. The molecule has 0 amide bonds. The number of hydrogen-bond donors (Lipinski definition) is 1. The van der Waals surface area contributed by atoms with Crippen molar-refractivity contribution in [1.82, 2.24) is 0 Å². The Bertz CT molecular complexity index is 350. The average Bonchev–Trinajstić information content (AvgIpc) is 1.96. The van der Waals surface area contributed by atoms with Crippen molar-refractivity contribution < 1.29 is 8.42 Å². The number of benzene rings is 1. The van der Waals surface area contributed by atoms with E-state index in [-0.39, 0.29) is 5.75 Å². The molecule has 0 spiro atoms. The second-order valence-electron chi connectivity index (χ2n) is 2.57. The maximum absolute atomic E-state index is 10.4. The van der Waals surface area contributed by atoms with E-state index in [0.717, 1.165) is 11.1 Å². The summed E-state index contributed by atoms with van der Waals surface area (Å²) in [6.07, 6.45) is 0. The van der Waals surface area contributed by atoms with E-state index < -0.39 is 10.7 Å². The molecule has 0 radical (unpaired) electrons. The first-order valence-corrected chi connectivity index (χ1v) is 5.20. The normalized spacial score (nSPS) is 10.6. The van der Waals surface area contributed by atoms with Gasteiger partial charge in [-0.3, -0.25) is 0 Å². The molecule has 1 aromatic carbocycles. The van der Waals surface area contributed by atoms with E-state index in [1.807, 2.05) is 13.0 Å². The van der Waals surface area contributed by atoms with Crippen molar-refractivity contribution >= 4 is 22.3 Å². The lowest BCUT2D eigenvalue weighted by Crippen LogP contribution is -1.87. The fourth-order valence-corrected chi connectivity index (χ4v) is 1.58. The minimum absolute atomic E-state index is 0.0648. The molecule has 66 valence electrons. The molecule has 0 aliphatic heterocycles. The molecular formula is C8H9ClO2S. The molecule has 1 rings (SSSR count). The van der Waals surface area contributed by atoms with Gasteiger partial charge in [0.25, 0.3) is 0 Å². The van der Waals surface area contributed by atoms with Crippen molar-refractivity contribution in [3.63, 3.8) is 0 Å². The molecule has 0 aromatic heterocycles. The molecule has 0 aliphatic rings. The van der Waals surface area contributed by atoms with Gasteiger partial charge in [-0.1, -0.05) is 23.7 Å². The number of hydrogen-bond acceptors (Lipinski definition) is 2. The highest BCUT2D eigenvalue weighted by atomic mass is 35.5. The van der Waals surface area contributed by atoms with Crippen molar-refractivity contribution in [2.75, 3.05) is 0 Å². The van der Waals surface area contributed by atoms with Crippen LogP contribution >= 0.6 is 11.6 Å². The number of rotatable bonds is 2. The van der Waals surface area contributed by atoms with E-state index in [1.165, 1.54) is 0 Å². The van der Waals surface area contributed by atoms with Gasteiger partial charge in [-0.25, -0.2) is 8.42 Å². The highest BCUT2D eigenvalue weighted by molar-refractivity contribution is 7.71. The minimum Gasteiger partial charge on any atom is -0.232 e. The predicted octanol–water partition coefficient (Wildman–Crippen LogP) is 1.76. The smallest absolute Gasteiger partial charge is 0.144 e. The van der Waals surface area contributed by atoms with E-state index in [9.17, 15) is 8.42 Å². The first-order valence-electron chi connectivity index (χ1n) is 3.46. The summed E-state index contributed by atoms with van der Waals surface area (Å²) in [7, 11) is -2.36. The Morgan fingerprint density at radius 2 is 2.08 bits per heavy atom. The van der Waals surface area contributed by atoms with Crippen LogP contribution in [0, 0.1) is 6.92 Å². The molecular weight excluding hydrogens is 196 g/mol. The average molecular weight is 205 g/mol. The summed E-state index contributed by atoms with van der Waals surface area (Å²) < 4.78 is 20.7. The summed E-state index contributed by atoms with van der Waals surface area (Å²) in [5.74, 6) is 0.0648. The predicted molar refractivity (Wildman–Crippen MR) is 50.2 cm³/mol. The van der Waals surface area contributed by atoms with Crippen molar-refractivity contribution in [3.8, 4) is 0 Å². The molecule has 12 heavy (non-hydrogen) atoms. The highest BCUT2D eigenvalue weighted by Crippen LogP contribution is 2.16. The molecule has 0 saturated carbocycles. The zero-order valence-electron chi connectivity index (χ0n) is 6.58. The maximum atomic E-state index is 10.4. The third kappa shape index (κ3) is 2.50. The van der Waals surface area contributed by atoms with Crippen LogP contribution in [-0.4, -0.2) is 8.42 Å². The molecule has 0 fully saturated rings. The highest BCUT2D eigenvalue weighted by Gasteiger charge is 1.98. The zero-order valence-corrected chi connectivity index (χ0v) is 8.23. The van der Waals surface area contributed by atoms with E-state index in [0.29, 0.717) is 5.02 Å². The van der Waals surface area contributed by atoms with Crippen LogP contribution in [0.15, 0.2) is 18.2 Å². The fraction of sp³-hybridized carbons (Fsp3) is 0.250. The van der Waals surface area contributed by atoms with Crippen molar-refractivity contribution in [2.45, 2.75) is 12.7 Å². The number of aryl methyl sites for hydroxylation is 1. The SMILES string of the molecule is Cc1ccc(C[SH](=O)=O)cc1Cl. The van der Waals surface area contributed by atoms with Gasteiger partial charge >= 0.3 is 0 Å². The van der Waals surface area contributed by atoms with Gasteiger partial charge in [-0.2, -0.15) is 0 Å². The third-order valence-electron chi connectivity index (χ3n) is 1.55. The molecule has 0 aliphatic carbocycles. The van der Waals surface area contributed by atoms with Gasteiger partial charge < -0.3 is 0 Å². The Morgan fingerprint density at radius 3 is 2.58 bits per heavy atom. The Morgan fingerprint density at radius 1 is 1.42 bits per heavy atom. The van der Waals surface area contributed by atoms with Gasteiger partial charge in [0.15, 0.2) is 0 Å². The Balaban J connectivity index is 2.97. The van der Waals surface area contributed by atoms with Gasteiger partial charge in [0.2, 0.25) is 0 Å². The number of thiol groups is 1. The zero-order chi connectivity index (χ0) is 9.14. The fourth-order valence-electron chi connectivity index (χ4n) is 0.884. The molecule has 0 atom stereocenters. The second-order valence-corrected chi connectivity index (χ2v) is 3.96. The van der Waals surface area contributed by atoms with Gasteiger partial charge in [0.05, 0.1) is 5.75 Å². The summed E-state index contributed by atoms with van der Waals surface area (Å²) >= 11 is 5.80. The molecule has 0 saturated heterocycles. The Kier molecular flexibility index (Phi) is 3.12. The molecule has 0 N–H and O–H groups in total. The van der Waals surface area contributed by atoms with Crippen LogP contribution in [0.25, 0.3) is 0 Å². The second kappa shape index (κ2) is 3.92. The Hall–Kier alpha value is -0.540. The van der Waals surface area contributed by atoms with Crippen LogP contribution in [-0.2, 0) is 16.5 Å². The largest absolute Gasteiger partial charge is 0.232 e. The van der Waals surface area contributed by atoms with Crippen LogP contribution < -0.4 is 0 Å². The van der Waals surface area contributed by atoms with Gasteiger partial charge in [-0.05, 0) is 24.1 Å². The summed E-state index contributed by atoms with van der Waals surface area (Å²) in [5.41, 5.74) is 1.70.